The van der Waals surface area contributed by atoms with Crippen molar-refractivity contribution in [2.75, 3.05) is 5.32 Å². The Hall–Kier alpha value is -2.66. The van der Waals surface area contributed by atoms with E-state index in [1.165, 1.54) is 6.92 Å². The van der Waals surface area contributed by atoms with Gasteiger partial charge in [-0.05, 0) is 42.8 Å². The quantitative estimate of drug-likeness (QED) is 0.716. The van der Waals surface area contributed by atoms with Crippen LogP contribution < -0.4 is 5.32 Å². The Morgan fingerprint density at radius 1 is 1.17 bits per heavy atom. The fraction of sp³-hybridized carbons (Fsp3) is 0.167. The second-order valence-electron chi connectivity index (χ2n) is 5.53. The molecule has 0 aliphatic carbocycles. The number of Topliss-reactive ketones (excluding diaryl/α,β-unsaturated/α-hetero) is 1. The van der Waals surface area contributed by atoms with E-state index in [0.29, 0.717) is 16.4 Å². The average Bonchev–Trinajstić information content (AvgIpc) is 3.00. The molecule has 0 saturated carbocycles. The van der Waals surface area contributed by atoms with E-state index >= 15 is 0 Å². The Kier molecular flexibility index (Phi) is 4.62. The smallest absolute Gasteiger partial charge is 0.161 e. The molecule has 122 valence electrons. The van der Waals surface area contributed by atoms with Crippen molar-refractivity contribution in [3.8, 4) is 0 Å². The van der Waals surface area contributed by atoms with Crippen LogP contribution in [0.2, 0.25) is 5.02 Å². The lowest BCUT2D eigenvalue weighted by molar-refractivity contribution is 0.101. The highest BCUT2D eigenvalue weighted by Gasteiger charge is 2.17. The molecule has 0 unspecified atom stereocenters. The molecule has 1 atom stereocenters. The van der Waals surface area contributed by atoms with Crippen molar-refractivity contribution in [2.24, 2.45) is 7.05 Å². The van der Waals surface area contributed by atoms with Crippen LogP contribution in [0.1, 0.15) is 34.6 Å². The number of hydrogen-bond acceptors (Lipinski definition) is 4. The van der Waals surface area contributed by atoms with Gasteiger partial charge in [0, 0.05) is 30.0 Å². The molecule has 0 spiro atoms. The number of carbonyl (C=O) groups is 1. The summed E-state index contributed by atoms with van der Waals surface area (Å²) in [6.45, 7) is 1.52. The Labute approximate surface area is 145 Å². The first-order valence-electron chi connectivity index (χ1n) is 7.51. The summed E-state index contributed by atoms with van der Waals surface area (Å²) in [7, 11) is 1.88. The van der Waals surface area contributed by atoms with E-state index in [1.807, 2.05) is 43.6 Å². The van der Waals surface area contributed by atoms with E-state index in [-0.39, 0.29) is 11.8 Å². The number of halogens is 1. The maximum absolute atomic E-state index is 11.4. The number of benzene rings is 1. The van der Waals surface area contributed by atoms with Gasteiger partial charge in [0.2, 0.25) is 0 Å². The molecule has 2 heterocycles. The lowest BCUT2D eigenvalue weighted by Crippen LogP contribution is -2.14. The maximum Gasteiger partial charge on any atom is 0.161 e. The number of nitrogens with one attached hydrogen (secondary N) is 1. The van der Waals surface area contributed by atoms with Crippen molar-refractivity contribution in [2.45, 2.75) is 13.0 Å². The number of carbonyl (C=O) groups excluding carboxylic acids is 1. The molecule has 1 aromatic carbocycles. The summed E-state index contributed by atoms with van der Waals surface area (Å²) in [6, 6.07) is 13.0. The molecule has 0 bridgehead atoms. The van der Waals surface area contributed by atoms with Crippen molar-refractivity contribution < 1.29 is 4.79 Å². The van der Waals surface area contributed by atoms with Gasteiger partial charge < -0.3 is 5.32 Å². The van der Waals surface area contributed by atoms with E-state index in [9.17, 15) is 4.79 Å². The number of anilines is 1. The largest absolute Gasteiger partial charge is 0.358 e. The highest BCUT2D eigenvalue weighted by Crippen LogP contribution is 2.26. The molecule has 0 saturated heterocycles. The third kappa shape index (κ3) is 3.63. The van der Waals surface area contributed by atoms with Crippen molar-refractivity contribution in [1.29, 1.82) is 0 Å². The van der Waals surface area contributed by atoms with Crippen molar-refractivity contribution >= 4 is 23.2 Å². The van der Waals surface area contributed by atoms with E-state index < -0.39 is 0 Å². The minimum absolute atomic E-state index is 0.00646. The minimum Gasteiger partial charge on any atom is -0.358 e. The van der Waals surface area contributed by atoms with Crippen LogP contribution in [-0.4, -0.2) is 20.5 Å². The molecule has 6 heteroatoms. The zero-order valence-corrected chi connectivity index (χ0v) is 14.2. The summed E-state index contributed by atoms with van der Waals surface area (Å²) >= 11 is 5.99. The summed E-state index contributed by atoms with van der Waals surface area (Å²) in [5.41, 5.74) is 2.48. The van der Waals surface area contributed by atoms with Crippen LogP contribution in [0.4, 0.5) is 5.82 Å². The summed E-state index contributed by atoms with van der Waals surface area (Å²) < 4.78 is 1.76. The summed E-state index contributed by atoms with van der Waals surface area (Å²) in [6.07, 6.45) is 3.47. The molecule has 0 fully saturated rings. The van der Waals surface area contributed by atoms with Crippen LogP contribution in [0.15, 0.2) is 54.9 Å². The van der Waals surface area contributed by atoms with E-state index in [4.69, 9.17) is 11.6 Å². The molecular formula is C18H17ClN4O. The summed E-state index contributed by atoms with van der Waals surface area (Å²) in [4.78, 5) is 15.7. The zero-order chi connectivity index (χ0) is 17.1. The molecular weight excluding hydrogens is 324 g/mol. The fourth-order valence-electron chi connectivity index (χ4n) is 2.41. The number of pyridine rings is 1. The second-order valence-corrected chi connectivity index (χ2v) is 5.97. The molecule has 3 rings (SSSR count). The first-order valence-corrected chi connectivity index (χ1v) is 7.89. The third-order valence-electron chi connectivity index (χ3n) is 3.70. The van der Waals surface area contributed by atoms with Gasteiger partial charge in [0.05, 0.1) is 11.7 Å². The number of ketones is 1. The van der Waals surface area contributed by atoms with E-state index in [2.05, 4.69) is 15.4 Å². The predicted octanol–water partition coefficient (Wildman–Crippen LogP) is 3.87. The molecule has 0 aliphatic heterocycles. The molecule has 0 aliphatic rings. The Morgan fingerprint density at radius 3 is 2.46 bits per heavy atom. The molecule has 3 aromatic rings. The standard InChI is InChI=1S/C18H17ClN4O/c1-12(24)14-5-8-17(20-11-14)21-18(16-9-10-23(2)22-16)13-3-6-15(19)7-4-13/h3-11,18H,1-2H3,(H,20,21)/t18-/m1/s1. The van der Waals surface area contributed by atoms with Gasteiger partial charge in [-0.3, -0.25) is 9.48 Å². The average molecular weight is 341 g/mol. The number of aryl methyl sites for hydroxylation is 1. The van der Waals surface area contributed by atoms with Crippen LogP contribution in [0.25, 0.3) is 0 Å². The topological polar surface area (TPSA) is 59.8 Å². The van der Waals surface area contributed by atoms with Crippen molar-refractivity contribution in [1.82, 2.24) is 14.8 Å². The lowest BCUT2D eigenvalue weighted by atomic mass is 10.0. The molecule has 24 heavy (non-hydrogen) atoms. The number of aromatic nitrogens is 3. The zero-order valence-electron chi connectivity index (χ0n) is 13.4. The molecule has 1 N–H and O–H groups in total. The molecule has 0 amide bonds. The van der Waals surface area contributed by atoms with Crippen LogP contribution in [0, 0.1) is 0 Å². The van der Waals surface area contributed by atoms with Gasteiger partial charge in [-0.25, -0.2) is 4.98 Å². The highest BCUT2D eigenvalue weighted by molar-refractivity contribution is 6.30. The SMILES string of the molecule is CC(=O)c1ccc(N[C@H](c2ccc(Cl)cc2)c2ccn(C)n2)nc1. The number of hydrogen-bond donors (Lipinski definition) is 1. The molecule has 0 radical (unpaired) electrons. The third-order valence-corrected chi connectivity index (χ3v) is 3.95. The maximum atomic E-state index is 11.4. The Bertz CT molecular complexity index is 840. The highest BCUT2D eigenvalue weighted by atomic mass is 35.5. The van der Waals surface area contributed by atoms with E-state index in [0.717, 1.165) is 11.3 Å². The van der Waals surface area contributed by atoms with Gasteiger partial charge in [0.15, 0.2) is 5.78 Å². The van der Waals surface area contributed by atoms with Gasteiger partial charge >= 0.3 is 0 Å². The fourth-order valence-corrected chi connectivity index (χ4v) is 2.53. The van der Waals surface area contributed by atoms with Gasteiger partial charge in [-0.1, -0.05) is 23.7 Å². The number of rotatable bonds is 5. The van der Waals surface area contributed by atoms with Gasteiger partial charge in [-0.15, -0.1) is 0 Å². The van der Waals surface area contributed by atoms with E-state index in [1.54, 1.807) is 23.0 Å². The summed E-state index contributed by atoms with van der Waals surface area (Å²) in [5.74, 6) is 0.665. The monoisotopic (exact) mass is 340 g/mol. The van der Waals surface area contributed by atoms with Gasteiger partial charge in [-0.2, -0.15) is 5.10 Å². The first-order chi connectivity index (χ1) is 11.5. The van der Waals surface area contributed by atoms with Crippen LogP contribution in [-0.2, 0) is 7.05 Å². The lowest BCUT2D eigenvalue weighted by Gasteiger charge is -2.18. The van der Waals surface area contributed by atoms with Crippen LogP contribution in [0.3, 0.4) is 0 Å². The predicted molar refractivity (Wildman–Crippen MR) is 94.4 cm³/mol. The first kappa shape index (κ1) is 16.2. The van der Waals surface area contributed by atoms with Gasteiger partial charge in [0.1, 0.15) is 5.82 Å². The number of nitrogens with zero attached hydrogens (tertiary/aromatic N) is 3. The van der Waals surface area contributed by atoms with Gasteiger partial charge in [0.25, 0.3) is 0 Å². The van der Waals surface area contributed by atoms with Crippen LogP contribution in [0.5, 0.6) is 0 Å². The second kappa shape index (κ2) is 6.84. The summed E-state index contributed by atoms with van der Waals surface area (Å²) in [5, 5.41) is 8.54. The molecule has 5 nitrogen and oxygen atoms in total. The Balaban J connectivity index is 1.92. The molecule has 2 aromatic heterocycles. The minimum atomic E-state index is -0.167. The van der Waals surface area contributed by atoms with Crippen molar-refractivity contribution in [3.05, 3.63) is 76.7 Å². The van der Waals surface area contributed by atoms with Crippen LogP contribution >= 0.6 is 11.6 Å². The normalized spacial score (nSPS) is 12.0. The van der Waals surface area contributed by atoms with Crippen molar-refractivity contribution in [3.63, 3.8) is 0 Å². The Morgan fingerprint density at radius 2 is 1.92 bits per heavy atom.